The van der Waals surface area contributed by atoms with Gasteiger partial charge in [-0.2, -0.15) is 0 Å². The SMILES string of the molecule is CCC(C)N(CC(=O)N(CCc1ccc(OC)c(OC)c1)Cc1cccs1)C(=O)NC12CC3CC(CC(C3)C1)C2. The van der Waals surface area contributed by atoms with Gasteiger partial charge in [0.2, 0.25) is 5.91 Å². The summed E-state index contributed by atoms with van der Waals surface area (Å²) in [5.41, 5.74) is 0.991. The Kier molecular flexibility index (Phi) is 8.93. The van der Waals surface area contributed by atoms with Crippen LogP contribution in [0.5, 0.6) is 11.5 Å². The fourth-order valence-electron chi connectivity index (χ4n) is 7.64. The predicted molar refractivity (Wildman–Crippen MR) is 159 cm³/mol. The molecule has 2 aromatic rings. The van der Waals surface area contributed by atoms with Gasteiger partial charge in [-0.15, -0.1) is 11.3 Å². The zero-order chi connectivity index (χ0) is 28.3. The van der Waals surface area contributed by atoms with E-state index >= 15 is 0 Å². The highest BCUT2D eigenvalue weighted by Crippen LogP contribution is 2.55. The van der Waals surface area contributed by atoms with E-state index in [1.165, 1.54) is 19.3 Å². The van der Waals surface area contributed by atoms with Crippen molar-refractivity contribution in [3.8, 4) is 11.5 Å². The highest BCUT2D eigenvalue weighted by Gasteiger charge is 2.52. The van der Waals surface area contributed by atoms with Crippen molar-refractivity contribution < 1.29 is 19.1 Å². The third-order valence-corrected chi connectivity index (χ3v) is 10.4. The fraction of sp³-hybridized carbons (Fsp3) is 0.625. The Morgan fingerprint density at radius 2 is 1.73 bits per heavy atom. The second kappa shape index (κ2) is 12.4. The summed E-state index contributed by atoms with van der Waals surface area (Å²) >= 11 is 1.65. The quantitative estimate of drug-likeness (QED) is 0.336. The van der Waals surface area contributed by atoms with E-state index < -0.39 is 0 Å². The van der Waals surface area contributed by atoms with Gasteiger partial charge in [0.15, 0.2) is 11.5 Å². The number of rotatable bonds is 12. The van der Waals surface area contributed by atoms with Gasteiger partial charge in [-0.05, 0) is 105 Å². The van der Waals surface area contributed by atoms with Gasteiger partial charge in [-0.1, -0.05) is 19.1 Å². The maximum atomic E-state index is 13.9. The first kappa shape index (κ1) is 28.8. The Hall–Kier alpha value is -2.74. The molecule has 3 amide bonds. The van der Waals surface area contributed by atoms with Crippen LogP contribution in [0.3, 0.4) is 0 Å². The highest BCUT2D eigenvalue weighted by atomic mass is 32.1. The minimum Gasteiger partial charge on any atom is -0.493 e. The van der Waals surface area contributed by atoms with Crippen molar-refractivity contribution in [1.82, 2.24) is 15.1 Å². The number of urea groups is 1. The number of hydrogen-bond donors (Lipinski definition) is 1. The number of ether oxygens (including phenoxy) is 2. The first-order valence-electron chi connectivity index (χ1n) is 14.9. The van der Waals surface area contributed by atoms with E-state index in [0.717, 1.165) is 53.9 Å². The van der Waals surface area contributed by atoms with Crippen LogP contribution in [0.1, 0.15) is 69.2 Å². The van der Waals surface area contributed by atoms with E-state index in [4.69, 9.17) is 9.47 Å². The fourth-order valence-corrected chi connectivity index (χ4v) is 8.36. The summed E-state index contributed by atoms with van der Waals surface area (Å²) in [7, 11) is 3.26. The summed E-state index contributed by atoms with van der Waals surface area (Å²) in [6.45, 7) is 5.32. The van der Waals surface area contributed by atoms with Crippen LogP contribution in [0.2, 0.25) is 0 Å². The summed E-state index contributed by atoms with van der Waals surface area (Å²) in [5.74, 6) is 3.61. The molecule has 1 N–H and O–H groups in total. The molecular formula is C32H45N3O4S. The molecule has 7 nitrogen and oxygen atoms in total. The van der Waals surface area contributed by atoms with Crippen LogP contribution >= 0.6 is 11.3 Å². The largest absolute Gasteiger partial charge is 0.493 e. The van der Waals surface area contributed by atoms with Crippen LogP contribution in [-0.2, 0) is 17.8 Å². The Labute approximate surface area is 243 Å². The van der Waals surface area contributed by atoms with Gasteiger partial charge in [0.05, 0.1) is 20.8 Å². The van der Waals surface area contributed by atoms with Gasteiger partial charge < -0.3 is 24.6 Å². The lowest BCUT2D eigenvalue weighted by Crippen LogP contribution is -2.63. The van der Waals surface area contributed by atoms with Crippen LogP contribution in [-0.4, -0.2) is 60.6 Å². The van der Waals surface area contributed by atoms with E-state index in [1.54, 1.807) is 30.5 Å². The van der Waals surface area contributed by atoms with Crippen LogP contribution < -0.4 is 14.8 Å². The van der Waals surface area contributed by atoms with Crippen LogP contribution in [0, 0.1) is 17.8 Å². The lowest BCUT2D eigenvalue weighted by Gasteiger charge is -2.57. The topological polar surface area (TPSA) is 71.1 Å². The van der Waals surface area contributed by atoms with Crippen LogP contribution in [0.4, 0.5) is 4.79 Å². The zero-order valence-corrected chi connectivity index (χ0v) is 25.3. The van der Waals surface area contributed by atoms with Crippen molar-refractivity contribution in [2.45, 2.75) is 83.3 Å². The summed E-state index contributed by atoms with van der Waals surface area (Å²) in [6, 6.07) is 9.87. The van der Waals surface area contributed by atoms with Crippen molar-refractivity contribution in [3.05, 3.63) is 46.2 Å². The number of thiophene rings is 1. The molecule has 1 atom stereocenters. The molecule has 0 radical (unpaired) electrons. The molecule has 6 rings (SSSR count). The predicted octanol–water partition coefficient (Wildman–Crippen LogP) is 6.12. The lowest BCUT2D eigenvalue weighted by atomic mass is 9.53. The summed E-state index contributed by atoms with van der Waals surface area (Å²) in [4.78, 5) is 32.5. The Bertz CT molecular complexity index is 1130. The maximum absolute atomic E-state index is 13.9. The van der Waals surface area contributed by atoms with Crippen molar-refractivity contribution in [3.63, 3.8) is 0 Å². The molecule has 1 aromatic heterocycles. The molecule has 4 aliphatic rings. The average molecular weight is 568 g/mol. The highest BCUT2D eigenvalue weighted by molar-refractivity contribution is 7.09. The molecule has 4 saturated carbocycles. The molecule has 1 aromatic carbocycles. The molecule has 8 heteroatoms. The first-order chi connectivity index (χ1) is 19.3. The second-order valence-electron chi connectivity index (χ2n) is 12.3. The molecule has 0 saturated heterocycles. The number of benzene rings is 1. The normalized spacial score (nSPS) is 25.4. The molecule has 1 unspecified atom stereocenters. The van der Waals surface area contributed by atoms with E-state index in [1.807, 2.05) is 34.5 Å². The summed E-state index contributed by atoms with van der Waals surface area (Å²) < 4.78 is 10.9. The van der Waals surface area contributed by atoms with Gasteiger partial charge >= 0.3 is 6.03 Å². The van der Waals surface area contributed by atoms with Crippen LogP contribution in [0.25, 0.3) is 0 Å². The number of methoxy groups -OCH3 is 2. The number of carbonyl (C=O) groups excluding carboxylic acids is 2. The minimum atomic E-state index is -0.0787. The Balaban J connectivity index is 1.29. The molecule has 218 valence electrons. The zero-order valence-electron chi connectivity index (χ0n) is 24.5. The maximum Gasteiger partial charge on any atom is 0.318 e. The Morgan fingerprint density at radius 3 is 2.30 bits per heavy atom. The number of hydrogen-bond acceptors (Lipinski definition) is 5. The van der Waals surface area contributed by atoms with E-state index in [9.17, 15) is 9.59 Å². The van der Waals surface area contributed by atoms with E-state index in [2.05, 4.69) is 25.2 Å². The standard InChI is InChI=1S/C32H45N3O4S/c1-5-22(2)35(31(37)33-32-17-24-13-25(18-32)15-26(14-24)19-32)21-30(36)34(20-27-7-6-12-40-27)11-10-23-8-9-28(38-3)29(16-23)39-4/h6-9,12,16,22,24-26H,5,10-11,13-15,17-21H2,1-4H3,(H,33,37). The second-order valence-corrected chi connectivity index (χ2v) is 13.4. The van der Waals surface area contributed by atoms with Crippen LogP contribution in [0.15, 0.2) is 35.7 Å². The van der Waals surface area contributed by atoms with Crippen molar-refractivity contribution in [2.24, 2.45) is 17.8 Å². The Morgan fingerprint density at radius 1 is 1.05 bits per heavy atom. The van der Waals surface area contributed by atoms with Gasteiger partial charge in [-0.25, -0.2) is 4.79 Å². The van der Waals surface area contributed by atoms with Crippen molar-refractivity contribution >= 4 is 23.3 Å². The molecule has 4 aliphatic carbocycles. The molecular weight excluding hydrogens is 522 g/mol. The molecule has 0 spiro atoms. The van der Waals surface area contributed by atoms with Gasteiger partial charge in [0, 0.05) is 23.0 Å². The third-order valence-electron chi connectivity index (χ3n) is 9.50. The van der Waals surface area contributed by atoms with Crippen molar-refractivity contribution in [2.75, 3.05) is 27.3 Å². The molecule has 0 aliphatic heterocycles. The van der Waals surface area contributed by atoms with E-state index in [-0.39, 0.29) is 30.1 Å². The molecule has 40 heavy (non-hydrogen) atoms. The van der Waals surface area contributed by atoms with E-state index in [0.29, 0.717) is 31.0 Å². The van der Waals surface area contributed by atoms with Crippen molar-refractivity contribution in [1.29, 1.82) is 0 Å². The molecule has 4 fully saturated rings. The number of carbonyl (C=O) groups is 2. The average Bonchev–Trinajstić information content (AvgIpc) is 3.45. The number of amides is 3. The van der Waals surface area contributed by atoms with Gasteiger partial charge in [-0.3, -0.25) is 4.79 Å². The monoisotopic (exact) mass is 567 g/mol. The number of nitrogens with one attached hydrogen (secondary N) is 1. The molecule has 4 bridgehead atoms. The number of nitrogens with zero attached hydrogens (tertiary/aromatic N) is 2. The third kappa shape index (κ3) is 6.42. The lowest BCUT2D eigenvalue weighted by molar-refractivity contribution is -0.132. The van der Waals surface area contributed by atoms with Gasteiger partial charge in [0.1, 0.15) is 6.54 Å². The summed E-state index contributed by atoms with van der Waals surface area (Å²) in [6.07, 6.45) is 8.79. The summed E-state index contributed by atoms with van der Waals surface area (Å²) in [5, 5.41) is 5.54. The first-order valence-corrected chi connectivity index (χ1v) is 15.8. The van der Waals surface area contributed by atoms with Gasteiger partial charge in [0.25, 0.3) is 0 Å². The smallest absolute Gasteiger partial charge is 0.318 e. The molecule has 1 heterocycles. The minimum absolute atomic E-state index is 0.0187.